The SMILES string of the molecule is COC(=O)[C@@H]1c2cc(Cl)ccc2Oc2cc[c]([Y])cc2[C@H]1C[N+](=O)[O-]. The number of ether oxygens (including phenoxy) is 2. The fraction of sp³-hybridized carbons (Fsp3) is 0.235. The number of benzene rings is 2. The van der Waals surface area contributed by atoms with Crippen molar-refractivity contribution in [3.63, 3.8) is 0 Å². The molecule has 0 saturated heterocycles. The van der Waals surface area contributed by atoms with Crippen LogP contribution in [0.4, 0.5) is 0 Å². The monoisotopic (exact) mass is 435 g/mol. The molecule has 0 bridgehead atoms. The maximum atomic E-state index is 12.5. The van der Waals surface area contributed by atoms with Gasteiger partial charge in [0.1, 0.15) is 0 Å². The second-order valence-electron chi connectivity index (χ2n) is 5.70. The fourth-order valence-corrected chi connectivity index (χ4v) is 3.96. The Labute approximate surface area is 169 Å². The molecule has 2 atom stereocenters. The predicted molar refractivity (Wildman–Crippen MR) is 87.0 cm³/mol. The van der Waals surface area contributed by atoms with Crippen molar-refractivity contribution in [2.75, 3.05) is 13.7 Å². The quantitative estimate of drug-likeness (QED) is 0.421. The summed E-state index contributed by atoms with van der Waals surface area (Å²) in [5, 5.41) is 11.7. The third-order valence-electron chi connectivity index (χ3n) is 4.16. The zero-order valence-electron chi connectivity index (χ0n) is 13.3. The molecule has 6 nitrogen and oxygen atoms in total. The van der Waals surface area contributed by atoms with Crippen molar-refractivity contribution in [3.8, 4) is 11.5 Å². The Morgan fingerprint density at radius 1 is 1.28 bits per heavy atom. The molecule has 0 fully saturated rings. The molecule has 0 saturated carbocycles. The average molecular weight is 436 g/mol. The van der Waals surface area contributed by atoms with Crippen molar-refractivity contribution < 1.29 is 50.1 Å². The topological polar surface area (TPSA) is 78.7 Å². The molecule has 25 heavy (non-hydrogen) atoms. The van der Waals surface area contributed by atoms with Crippen LogP contribution in [0.15, 0.2) is 36.4 Å². The van der Waals surface area contributed by atoms with Crippen molar-refractivity contribution >= 4 is 19.9 Å². The molecule has 0 spiro atoms. The Balaban J connectivity index is 2.28. The number of hydrogen-bond acceptors (Lipinski definition) is 5. The summed E-state index contributed by atoms with van der Waals surface area (Å²) in [6, 6.07) is 10.5. The molecule has 0 aliphatic carbocycles. The van der Waals surface area contributed by atoms with E-state index in [1.54, 1.807) is 24.3 Å². The Kier molecular flexibility index (Phi) is 5.42. The van der Waals surface area contributed by atoms with Crippen LogP contribution in [0.25, 0.3) is 0 Å². The number of nitro groups is 1. The van der Waals surface area contributed by atoms with E-state index in [4.69, 9.17) is 21.1 Å². The van der Waals surface area contributed by atoms with E-state index in [9.17, 15) is 14.9 Å². The number of methoxy groups -OCH3 is 1. The van der Waals surface area contributed by atoms with Crippen LogP contribution in [0, 0.1) is 10.1 Å². The summed E-state index contributed by atoms with van der Waals surface area (Å²) in [6.45, 7) is -0.411. The zero-order valence-corrected chi connectivity index (χ0v) is 16.9. The van der Waals surface area contributed by atoms with Gasteiger partial charge in [0.25, 0.3) is 0 Å². The van der Waals surface area contributed by atoms with E-state index in [0.29, 0.717) is 27.6 Å². The number of carbonyl (C=O) groups is 1. The molecule has 126 valence electrons. The summed E-state index contributed by atoms with van der Waals surface area (Å²) < 4.78 is 12.0. The van der Waals surface area contributed by atoms with Crippen LogP contribution in [-0.4, -0.2) is 24.5 Å². The number of rotatable bonds is 3. The molecular formula is C17H13ClNO5Y. The van der Waals surface area contributed by atoms with Crippen LogP contribution in [-0.2, 0) is 40.5 Å². The summed E-state index contributed by atoms with van der Waals surface area (Å²) in [5.74, 6) is -1.16. The fourth-order valence-electron chi connectivity index (χ4n) is 3.10. The van der Waals surface area contributed by atoms with E-state index < -0.39 is 29.3 Å². The van der Waals surface area contributed by atoms with E-state index in [2.05, 4.69) is 0 Å². The van der Waals surface area contributed by atoms with Gasteiger partial charge in [-0.3, -0.25) is 0 Å². The van der Waals surface area contributed by atoms with Crippen molar-refractivity contribution in [2.45, 2.75) is 11.8 Å². The van der Waals surface area contributed by atoms with Crippen molar-refractivity contribution in [1.82, 2.24) is 0 Å². The summed E-state index contributed by atoms with van der Waals surface area (Å²) in [4.78, 5) is 23.4. The van der Waals surface area contributed by atoms with Gasteiger partial charge in [-0.15, -0.1) is 0 Å². The Bertz CT molecular complexity index is 857. The third kappa shape index (κ3) is 3.71. The van der Waals surface area contributed by atoms with Crippen LogP contribution in [0.2, 0.25) is 5.02 Å². The van der Waals surface area contributed by atoms with Gasteiger partial charge in [0, 0.05) is 0 Å². The number of esters is 1. The van der Waals surface area contributed by atoms with Gasteiger partial charge in [0.15, 0.2) is 0 Å². The molecule has 1 aliphatic rings. The first-order valence-corrected chi connectivity index (χ1v) is 9.26. The molecule has 1 heterocycles. The van der Waals surface area contributed by atoms with Crippen LogP contribution < -0.4 is 7.11 Å². The van der Waals surface area contributed by atoms with Gasteiger partial charge in [0.2, 0.25) is 0 Å². The van der Waals surface area contributed by atoms with E-state index in [1.165, 1.54) is 7.11 Å². The molecule has 0 amide bonds. The molecule has 2 aromatic rings. The Hall–Kier alpha value is -1.50. The van der Waals surface area contributed by atoms with Gasteiger partial charge in [-0.2, -0.15) is 0 Å². The van der Waals surface area contributed by atoms with Crippen LogP contribution in [0.5, 0.6) is 11.5 Å². The van der Waals surface area contributed by atoms with E-state index in [0.717, 1.165) is 33.3 Å². The average Bonchev–Trinajstić information content (AvgIpc) is 2.68. The third-order valence-corrected chi connectivity index (χ3v) is 5.28. The molecular weight excluding hydrogens is 423 g/mol. The number of nitrogens with zero attached hydrogens (tertiary/aromatic N) is 1. The summed E-state index contributed by atoms with van der Waals surface area (Å²) in [7, 11) is 1.27. The molecule has 3 rings (SSSR count). The first-order valence-electron chi connectivity index (χ1n) is 7.47. The first kappa shape index (κ1) is 18.3. The molecule has 2 aromatic carbocycles. The number of fused-ring (bicyclic) bond motifs is 2. The molecule has 0 N–H and O–H groups in total. The van der Waals surface area contributed by atoms with Crippen molar-refractivity contribution in [3.05, 3.63) is 62.7 Å². The molecule has 0 radical (unpaired) electrons. The van der Waals surface area contributed by atoms with Gasteiger partial charge in [-0.05, 0) is 0 Å². The van der Waals surface area contributed by atoms with Crippen LogP contribution in [0.3, 0.4) is 0 Å². The summed E-state index contributed by atoms with van der Waals surface area (Å²) in [5.41, 5.74) is 1.14. The second-order valence-corrected chi connectivity index (χ2v) is 7.78. The summed E-state index contributed by atoms with van der Waals surface area (Å²) >= 11 is 6.95. The maximum absolute atomic E-state index is 12.5. The number of hydrogen-bond donors (Lipinski definition) is 0. The van der Waals surface area contributed by atoms with Gasteiger partial charge in [-0.1, -0.05) is 0 Å². The van der Waals surface area contributed by atoms with E-state index in [1.807, 2.05) is 12.1 Å². The number of halogens is 1. The minimum atomic E-state index is -0.868. The minimum absolute atomic E-state index is 0.411. The molecule has 0 unspecified atom stereocenters. The van der Waals surface area contributed by atoms with Crippen LogP contribution in [0.1, 0.15) is 23.0 Å². The van der Waals surface area contributed by atoms with Gasteiger partial charge >= 0.3 is 170 Å². The van der Waals surface area contributed by atoms with E-state index in [-0.39, 0.29) is 0 Å². The second kappa shape index (κ2) is 7.40. The summed E-state index contributed by atoms with van der Waals surface area (Å²) in [6.07, 6.45) is 0. The van der Waals surface area contributed by atoms with E-state index >= 15 is 0 Å². The predicted octanol–water partition coefficient (Wildman–Crippen LogP) is 2.93. The van der Waals surface area contributed by atoms with Gasteiger partial charge in [-0.25, -0.2) is 0 Å². The van der Waals surface area contributed by atoms with Crippen LogP contribution >= 0.6 is 11.6 Å². The Morgan fingerprint density at radius 2 is 1.96 bits per heavy atom. The van der Waals surface area contributed by atoms with Crippen molar-refractivity contribution in [2.24, 2.45) is 0 Å². The normalized spacial score (nSPS) is 18.3. The van der Waals surface area contributed by atoms with Gasteiger partial charge in [0.05, 0.1) is 0 Å². The molecule has 1 aliphatic heterocycles. The Morgan fingerprint density at radius 3 is 2.64 bits per heavy atom. The van der Waals surface area contributed by atoms with Crippen molar-refractivity contribution in [1.29, 1.82) is 0 Å². The standard InChI is InChI=1S/C17H13ClNO5.Y/c1-23-17(20)16-12-8-10(18)6-7-15(12)24-14-5-3-2-4-11(14)13(16)9-19(21)22;/h3-8,13,16H,9H2,1H3;/t13-,16-;/m1./s1. The molecule has 8 heteroatoms. The zero-order chi connectivity index (χ0) is 18.1. The van der Waals surface area contributed by atoms with Gasteiger partial charge < -0.3 is 0 Å². The molecule has 0 aromatic heterocycles. The first-order chi connectivity index (χ1) is 11.9. The number of carbonyl (C=O) groups excluding carboxylic acids is 1.